The predicted octanol–water partition coefficient (Wildman–Crippen LogP) is 4.35. The number of ether oxygens (including phenoxy) is 2. The lowest BCUT2D eigenvalue weighted by molar-refractivity contribution is 0.127. The fourth-order valence-corrected chi connectivity index (χ4v) is 4.91. The van der Waals surface area contributed by atoms with Crippen LogP contribution >= 0.6 is 0 Å². The standard InChI is InChI=1S/C22H24N2O5S/c1-15-5-7-16(8-6-15)21-13-23-22(29-21)24-19-12-18(9-10-20(19)27-2)30(25,26)14-17-4-3-11-28-17/h5-10,12-13,17H,3-4,11,14H2,1-2H3,(H,23,24). The molecule has 1 N–H and O–H groups in total. The monoisotopic (exact) mass is 428 g/mol. The molecule has 1 unspecified atom stereocenters. The molecule has 1 aliphatic rings. The summed E-state index contributed by atoms with van der Waals surface area (Å²) in [5, 5.41) is 3.03. The maximum atomic E-state index is 12.8. The number of anilines is 2. The Balaban J connectivity index is 1.57. The van der Waals surface area contributed by atoms with E-state index in [1.54, 1.807) is 24.4 Å². The average molecular weight is 429 g/mol. The molecule has 1 atom stereocenters. The Morgan fingerprint density at radius 2 is 2.00 bits per heavy atom. The van der Waals surface area contributed by atoms with Crippen LogP contribution in [-0.4, -0.2) is 39.0 Å². The first kappa shape index (κ1) is 20.4. The van der Waals surface area contributed by atoms with Gasteiger partial charge in [-0.2, -0.15) is 0 Å². The molecule has 0 spiro atoms. The second-order valence-electron chi connectivity index (χ2n) is 7.30. The normalized spacial score (nSPS) is 16.5. The summed E-state index contributed by atoms with van der Waals surface area (Å²) < 4.78 is 42.3. The molecule has 1 aromatic heterocycles. The van der Waals surface area contributed by atoms with Crippen molar-refractivity contribution in [3.8, 4) is 17.1 Å². The molecule has 8 heteroatoms. The molecule has 3 aromatic rings. The minimum absolute atomic E-state index is 0.0324. The van der Waals surface area contributed by atoms with Gasteiger partial charge in [-0.05, 0) is 38.0 Å². The average Bonchev–Trinajstić information content (AvgIpc) is 3.40. The molecule has 1 aliphatic heterocycles. The number of methoxy groups -OCH3 is 1. The van der Waals surface area contributed by atoms with Gasteiger partial charge < -0.3 is 19.2 Å². The summed E-state index contributed by atoms with van der Waals surface area (Å²) in [5.41, 5.74) is 2.52. The Morgan fingerprint density at radius 3 is 2.70 bits per heavy atom. The number of aryl methyl sites for hydroxylation is 1. The Labute approximate surface area is 176 Å². The molecule has 0 radical (unpaired) electrons. The number of hydrogen-bond donors (Lipinski definition) is 1. The first-order chi connectivity index (χ1) is 14.4. The highest BCUT2D eigenvalue weighted by molar-refractivity contribution is 7.91. The first-order valence-electron chi connectivity index (χ1n) is 9.77. The van der Waals surface area contributed by atoms with Crippen LogP contribution in [0.1, 0.15) is 18.4 Å². The molecule has 2 heterocycles. The van der Waals surface area contributed by atoms with E-state index in [1.807, 2.05) is 31.2 Å². The van der Waals surface area contributed by atoms with Crippen molar-refractivity contribution in [2.75, 3.05) is 24.8 Å². The minimum atomic E-state index is -3.50. The molecule has 30 heavy (non-hydrogen) atoms. The van der Waals surface area contributed by atoms with Gasteiger partial charge in [-0.3, -0.25) is 0 Å². The summed E-state index contributed by atoms with van der Waals surface area (Å²) in [6, 6.07) is 12.9. The number of nitrogens with one attached hydrogen (secondary N) is 1. The number of benzene rings is 2. The molecule has 1 fully saturated rings. The van der Waals surface area contributed by atoms with Gasteiger partial charge >= 0.3 is 0 Å². The van der Waals surface area contributed by atoms with E-state index in [0.717, 1.165) is 24.0 Å². The van der Waals surface area contributed by atoms with Gasteiger partial charge in [0.05, 0.1) is 35.7 Å². The van der Waals surface area contributed by atoms with E-state index in [4.69, 9.17) is 13.9 Å². The summed E-state index contributed by atoms with van der Waals surface area (Å²) >= 11 is 0. The summed E-state index contributed by atoms with van der Waals surface area (Å²) in [6.07, 6.45) is 3.02. The summed E-state index contributed by atoms with van der Waals surface area (Å²) in [7, 11) is -1.97. The highest BCUT2D eigenvalue weighted by Gasteiger charge is 2.25. The van der Waals surface area contributed by atoms with Crippen molar-refractivity contribution in [1.29, 1.82) is 0 Å². The van der Waals surface area contributed by atoms with Gasteiger partial charge in [0.15, 0.2) is 15.6 Å². The van der Waals surface area contributed by atoms with Crippen LogP contribution in [0, 0.1) is 6.92 Å². The fourth-order valence-electron chi connectivity index (χ4n) is 3.39. The second-order valence-corrected chi connectivity index (χ2v) is 9.33. The van der Waals surface area contributed by atoms with Crippen molar-refractivity contribution in [3.05, 3.63) is 54.2 Å². The van der Waals surface area contributed by atoms with Crippen molar-refractivity contribution in [1.82, 2.24) is 4.98 Å². The van der Waals surface area contributed by atoms with Gasteiger partial charge in [-0.1, -0.05) is 29.8 Å². The quantitative estimate of drug-likeness (QED) is 0.598. The van der Waals surface area contributed by atoms with Gasteiger partial charge in [0.25, 0.3) is 6.01 Å². The summed E-state index contributed by atoms with van der Waals surface area (Å²) in [6.45, 7) is 2.63. The minimum Gasteiger partial charge on any atom is -0.495 e. The number of hydrogen-bond acceptors (Lipinski definition) is 7. The van der Waals surface area contributed by atoms with Crippen molar-refractivity contribution in [3.63, 3.8) is 0 Å². The lowest BCUT2D eigenvalue weighted by Gasteiger charge is -2.13. The van der Waals surface area contributed by atoms with E-state index in [2.05, 4.69) is 10.3 Å². The lowest BCUT2D eigenvalue weighted by atomic mass is 10.1. The van der Waals surface area contributed by atoms with Crippen LogP contribution < -0.4 is 10.1 Å². The van der Waals surface area contributed by atoms with Crippen LogP contribution in [0.4, 0.5) is 11.7 Å². The third kappa shape index (κ3) is 4.49. The molecule has 7 nitrogen and oxygen atoms in total. The van der Waals surface area contributed by atoms with E-state index in [9.17, 15) is 8.42 Å². The van der Waals surface area contributed by atoms with Crippen molar-refractivity contribution in [2.45, 2.75) is 30.8 Å². The van der Waals surface area contributed by atoms with Crippen LogP contribution in [0.5, 0.6) is 5.75 Å². The zero-order valence-corrected chi connectivity index (χ0v) is 17.7. The van der Waals surface area contributed by atoms with Gasteiger partial charge in [0, 0.05) is 12.2 Å². The van der Waals surface area contributed by atoms with E-state index >= 15 is 0 Å². The van der Waals surface area contributed by atoms with E-state index in [0.29, 0.717) is 23.8 Å². The van der Waals surface area contributed by atoms with Crippen LogP contribution in [0.3, 0.4) is 0 Å². The lowest BCUT2D eigenvalue weighted by Crippen LogP contribution is -2.20. The van der Waals surface area contributed by atoms with Gasteiger partial charge in [-0.15, -0.1) is 0 Å². The Morgan fingerprint density at radius 1 is 1.20 bits per heavy atom. The topological polar surface area (TPSA) is 90.7 Å². The first-order valence-corrected chi connectivity index (χ1v) is 11.4. The van der Waals surface area contributed by atoms with Gasteiger partial charge in [0.1, 0.15) is 5.75 Å². The molecule has 0 aliphatic carbocycles. The van der Waals surface area contributed by atoms with Crippen molar-refractivity contribution < 1.29 is 22.3 Å². The van der Waals surface area contributed by atoms with Gasteiger partial charge in [0.2, 0.25) is 0 Å². The zero-order chi connectivity index (χ0) is 21.1. The predicted molar refractivity (Wildman–Crippen MR) is 114 cm³/mol. The fraction of sp³-hybridized carbons (Fsp3) is 0.318. The number of oxazole rings is 1. The Bertz CT molecular complexity index is 1120. The summed E-state index contributed by atoms with van der Waals surface area (Å²) in [4.78, 5) is 4.46. The molecule has 0 saturated carbocycles. The van der Waals surface area contributed by atoms with Crippen LogP contribution in [0.25, 0.3) is 11.3 Å². The molecule has 2 aromatic carbocycles. The second kappa shape index (κ2) is 8.49. The molecular formula is C22H24N2O5S. The number of aromatic nitrogens is 1. The van der Waals surface area contributed by atoms with E-state index in [-0.39, 0.29) is 22.8 Å². The SMILES string of the molecule is COc1ccc(S(=O)(=O)CC2CCCO2)cc1Nc1ncc(-c2ccc(C)cc2)o1. The Hall–Kier alpha value is -2.84. The van der Waals surface area contributed by atoms with E-state index < -0.39 is 9.84 Å². The zero-order valence-electron chi connectivity index (χ0n) is 16.9. The maximum absolute atomic E-state index is 12.8. The number of sulfone groups is 1. The van der Waals surface area contributed by atoms with Crippen LogP contribution in [-0.2, 0) is 14.6 Å². The third-order valence-corrected chi connectivity index (χ3v) is 6.83. The van der Waals surface area contributed by atoms with Crippen LogP contribution in [0.15, 0.2) is 58.0 Å². The van der Waals surface area contributed by atoms with E-state index in [1.165, 1.54) is 7.11 Å². The van der Waals surface area contributed by atoms with Crippen molar-refractivity contribution in [2.24, 2.45) is 0 Å². The van der Waals surface area contributed by atoms with Crippen LogP contribution in [0.2, 0.25) is 0 Å². The molecule has 1 saturated heterocycles. The molecular weight excluding hydrogens is 404 g/mol. The highest BCUT2D eigenvalue weighted by atomic mass is 32.2. The highest BCUT2D eigenvalue weighted by Crippen LogP contribution is 2.32. The number of rotatable bonds is 7. The molecule has 0 bridgehead atoms. The third-order valence-electron chi connectivity index (χ3n) is 5.04. The van der Waals surface area contributed by atoms with Gasteiger partial charge in [-0.25, -0.2) is 13.4 Å². The largest absolute Gasteiger partial charge is 0.495 e. The van der Waals surface area contributed by atoms with Crippen molar-refractivity contribution >= 4 is 21.5 Å². The maximum Gasteiger partial charge on any atom is 0.299 e. The molecule has 158 valence electrons. The molecule has 4 rings (SSSR count). The molecule has 0 amide bonds. The summed E-state index contributed by atoms with van der Waals surface area (Å²) in [5.74, 6) is 1.06. The Kier molecular flexibility index (Phi) is 5.78. The smallest absolute Gasteiger partial charge is 0.299 e. The number of nitrogens with zero attached hydrogens (tertiary/aromatic N) is 1.